The standard InChI is InChI=1S/C22H24F2N6O2/c1-22(23,24)19-21(32)28-18-11-14(3-5-16(18)27-19)13-29-7-9-30(10-8-29)15-4-6-17(26-12-15)20(31)25-2/h3-6,11-12H,7-10,13H2,1-2H3,(H,25,31)(H,28,32). The van der Waals surface area contributed by atoms with E-state index in [0.29, 0.717) is 30.2 Å². The van der Waals surface area contributed by atoms with Gasteiger partial charge in [0.1, 0.15) is 5.69 Å². The first-order valence-electron chi connectivity index (χ1n) is 10.3. The van der Waals surface area contributed by atoms with Crippen LogP contribution in [0.5, 0.6) is 0 Å². The van der Waals surface area contributed by atoms with Crippen LogP contribution in [0.1, 0.15) is 28.7 Å². The number of amides is 1. The number of pyridine rings is 1. The van der Waals surface area contributed by atoms with Crippen molar-refractivity contribution in [3.05, 3.63) is 63.8 Å². The van der Waals surface area contributed by atoms with Crippen molar-refractivity contribution in [3.8, 4) is 0 Å². The third-order valence-corrected chi connectivity index (χ3v) is 5.52. The number of hydrogen-bond donors (Lipinski definition) is 2. The number of alkyl halides is 2. The van der Waals surface area contributed by atoms with Crippen LogP contribution in [0.4, 0.5) is 14.5 Å². The molecule has 0 radical (unpaired) electrons. The minimum Gasteiger partial charge on any atom is -0.368 e. The number of nitrogens with one attached hydrogen (secondary N) is 2. The normalized spacial score (nSPS) is 15.2. The molecule has 1 saturated heterocycles. The fourth-order valence-electron chi connectivity index (χ4n) is 3.79. The number of aromatic nitrogens is 3. The Morgan fingerprint density at radius 2 is 1.94 bits per heavy atom. The van der Waals surface area contributed by atoms with Crippen molar-refractivity contribution in [2.24, 2.45) is 0 Å². The van der Waals surface area contributed by atoms with Crippen LogP contribution in [-0.2, 0) is 12.5 Å². The summed E-state index contributed by atoms with van der Waals surface area (Å²) in [6, 6.07) is 8.90. The molecule has 0 spiro atoms. The Balaban J connectivity index is 1.40. The number of H-pyrrole nitrogens is 1. The molecule has 1 fully saturated rings. The zero-order chi connectivity index (χ0) is 22.9. The van der Waals surface area contributed by atoms with Crippen molar-refractivity contribution in [3.63, 3.8) is 0 Å². The van der Waals surface area contributed by atoms with Gasteiger partial charge in [0.05, 0.1) is 22.9 Å². The highest BCUT2D eigenvalue weighted by molar-refractivity contribution is 5.92. The first kappa shape index (κ1) is 21.8. The second-order valence-corrected chi connectivity index (χ2v) is 7.90. The maximum Gasteiger partial charge on any atom is 0.292 e. The summed E-state index contributed by atoms with van der Waals surface area (Å²) in [6.07, 6.45) is 1.71. The Bertz CT molecular complexity index is 1180. The maximum atomic E-state index is 13.5. The van der Waals surface area contributed by atoms with Gasteiger partial charge < -0.3 is 15.2 Å². The minimum absolute atomic E-state index is 0.215. The molecule has 3 heterocycles. The number of piperazine rings is 1. The van der Waals surface area contributed by atoms with E-state index in [4.69, 9.17) is 0 Å². The van der Waals surface area contributed by atoms with Crippen LogP contribution in [0.15, 0.2) is 41.3 Å². The van der Waals surface area contributed by atoms with Crippen LogP contribution in [0.2, 0.25) is 0 Å². The molecule has 1 amide bonds. The molecule has 1 aromatic carbocycles. The lowest BCUT2D eigenvalue weighted by Crippen LogP contribution is -2.46. The van der Waals surface area contributed by atoms with E-state index in [0.717, 1.165) is 37.4 Å². The number of nitrogens with zero attached hydrogens (tertiary/aromatic N) is 4. The number of halogens is 2. The lowest BCUT2D eigenvalue weighted by molar-refractivity contribution is 0.0115. The van der Waals surface area contributed by atoms with Crippen molar-refractivity contribution < 1.29 is 13.6 Å². The van der Waals surface area contributed by atoms with E-state index in [9.17, 15) is 18.4 Å². The van der Waals surface area contributed by atoms with Gasteiger partial charge in [0, 0.05) is 46.7 Å². The Kier molecular flexibility index (Phi) is 5.88. The van der Waals surface area contributed by atoms with E-state index in [-0.39, 0.29) is 5.91 Å². The average Bonchev–Trinajstić information content (AvgIpc) is 2.78. The SMILES string of the molecule is CNC(=O)c1ccc(N2CCN(Cc3ccc4nc(C(C)(F)F)c(=O)[nH]c4c3)CC2)cn1. The van der Waals surface area contributed by atoms with Crippen molar-refractivity contribution in [2.45, 2.75) is 19.4 Å². The molecular formula is C22H24F2N6O2. The third-order valence-electron chi connectivity index (χ3n) is 5.52. The highest BCUT2D eigenvalue weighted by Gasteiger charge is 2.30. The number of carbonyl (C=O) groups excluding carboxylic acids is 1. The molecule has 8 nitrogen and oxygen atoms in total. The van der Waals surface area contributed by atoms with E-state index in [1.54, 1.807) is 31.4 Å². The molecule has 0 saturated carbocycles. The molecule has 4 rings (SSSR count). The molecule has 1 aliphatic rings. The largest absolute Gasteiger partial charge is 0.368 e. The number of rotatable bonds is 5. The molecule has 1 aliphatic heterocycles. The Morgan fingerprint density at radius 3 is 2.56 bits per heavy atom. The van der Waals surface area contributed by atoms with Gasteiger partial charge in [0.25, 0.3) is 17.4 Å². The zero-order valence-corrected chi connectivity index (χ0v) is 17.9. The van der Waals surface area contributed by atoms with Crippen molar-refractivity contribution in [2.75, 3.05) is 38.1 Å². The van der Waals surface area contributed by atoms with E-state index < -0.39 is 17.2 Å². The predicted octanol–water partition coefficient (Wildman–Crippen LogP) is 2.11. The lowest BCUT2D eigenvalue weighted by atomic mass is 10.1. The van der Waals surface area contributed by atoms with Gasteiger partial charge in [-0.1, -0.05) is 6.07 Å². The summed E-state index contributed by atoms with van der Waals surface area (Å²) in [7, 11) is 1.57. The predicted molar refractivity (Wildman–Crippen MR) is 117 cm³/mol. The number of hydrogen-bond acceptors (Lipinski definition) is 6. The van der Waals surface area contributed by atoms with Crippen LogP contribution in [0.3, 0.4) is 0 Å². The molecule has 2 N–H and O–H groups in total. The van der Waals surface area contributed by atoms with Gasteiger partial charge in [-0.3, -0.25) is 14.5 Å². The fourth-order valence-corrected chi connectivity index (χ4v) is 3.79. The monoisotopic (exact) mass is 442 g/mol. The topological polar surface area (TPSA) is 94.2 Å². The number of aromatic amines is 1. The van der Waals surface area contributed by atoms with Gasteiger partial charge >= 0.3 is 0 Å². The van der Waals surface area contributed by atoms with E-state index in [1.807, 2.05) is 12.1 Å². The van der Waals surface area contributed by atoms with Crippen LogP contribution in [-0.4, -0.2) is 59.0 Å². The van der Waals surface area contributed by atoms with Gasteiger partial charge in [-0.25, -0.2) is 9.97 Å². The number of carbonyl (C=O) groups is 1. The van der Waals surface area contributed by atoms with Gasteiger partial charge in [-0.15, -0.1) is 0 Å². The first-order chi connectivity index (χ1) is 15.2. The average molecular weight is 442 g/mol. The molecule has 32 heavy (non-hydrogen) atoms. The molecule has 0 aliphatic carbocycles. The summed E-state index contributed by atoms with van der Waals surface area (Å²) in [5.41, 5.74) is 1.46. The van der Waals surface area contributed by atoms with Gasteiger partial charge in [-0.2, -0.15) is 8.78 Å². The highest BCUT2D eigenvalue weighted by atomic mass is 19.3. The van der Waals surface area contributed by atoms with Crippen LogP contribution in [0.25, 0.3) is 11.0 Å². The van der Waals surface area contributed by atoms with Crippen LogP contribution >= 0.6 is 0 Å². The summed E-state index contributed by atoms with van der Waals surface area (Å²) in [6.45, 7) is 4.60. The van der Waals surface area contributed by atoms with Gasteiger partial charge in [0.2, 0.25) is 0 Å². The fraction of sp³-hybridized carbons (Fsp3) is 0.364. The molecule has 10 heteroatoms. The number of fused-ring (bicyclic) bond motifs is 1. The summed E-state index contributed by atoms with van der Waals surface area (Å²) >= 11 is 0. The zero-order valence-electron chi connectivity index (χ0n) is 17.9. The molecule has 2 aromatic heterocycles. The second-order valence-electron chi connectivity index (χ2n) is 7.90. The summed E-state index contributed by atoms with van der Waals surface area (Å²) in [5, 5.41) is 2.55. The molecule has 0 bridgehead atoms. The molecule has 0 atom stereocenters. The third kappa shape index (κ3) is 4.59. The van der Waals surface area contributed by atoms with Gasteiger partial charge in [-0.05, 0) is 29.8 Å². The van der Waals surface area contributed by atoms with Crippen LogP contribution < -0.4 is 15.8 Å². The molecular weight excluding hydrogens is 418 g/mol. The van der Waals surface area contributed by atoms with Crippen molar-refractivity contribution >= 4 is 22.6 Å². The number of anilines is 1. The number of benzene rings is 1. The van der Waals surface area contributed by atoms with Gasteiger partial charge in [0.15, 0.2) is 5.69 Å². The second kappa shape index (κ2) is 8.62. The lowest BCUT2D eigenvalue weighted by Gasteiger charge is -2.36. The summed E-state index contributed by atoms with van der Waals surface area (Å²) in [5.74, 6) is -3.51. The highest BCUT2D eigenvalue weighted by Crippen LogP contribution is 2.24. The molecule has 0 unspecified atom stereocenters. The Morgan fingerprint density at radius 1 is 1.19 bits per heavy atom. The minimum atomic E-state index is -3.29. The smallest absolute Gasteiger partial charge is 0.292 e. The quantitative estimate of drug-likeness (QED) is 0.629. The first-order valence-corrected chi connectivity index (χ1v) is 10.3. The summed E-state index contributed by atoms with van der Waals surface area (Å²) in [4.78, 5) is 38.7. The Labute approximate surface area is 183 Å². The maximum absolute atomic E-state index is 13.5. The summed E-state index contributed by atoms with van der Waals surface area (Å²) < 4.78 is 27.1. The van der Waals surface area contributed by atoms with E-state index in [1.165, 1.54) is 0 Å². The molecule has 168 valence electrons. The van der Waals surface area contributed by atoms with Crippen molar-refractivity contribution in [1.29, 1.82) is 0 Å². The van der Waals surface area contributed by atoms with E-state index in [2.05, 4.69) is 30.1 Å². The van der Waals surface area contributed by atoms with E-state index >= 15 is 0 Å². The molecule has 3 aromatic rings. The van der Waals surface area contributed by atoms with Crippen LogP contribution in [0, 0.1) is 0 Å². The Hall–Kier alpha value is -3.40. The van der Waals surface area contributed by atoms with Crippen molar-refractivity contribution in [1.82, 2.24) is 25.2 Å².